The van der Waals surface area contributed by atoms with Crippen LogP contribution in [0.25, 0.3) is 0 Å². The Hall–Kier alpha value is -1.14. The number of aliphatic hydroxyl groups is 2. The first-order valence-corrected chi connectivity index (χ1v) is 30.3. The molecule has 0 rings (SSSR count). The van der Waals surface area contributed by atoms with Crippen molar-refractivity contribution < 1.29 is 24.5 Å². The van der Waals surface area contributed by atoms with E-state index in [1.54, 1.807) is 0 Å². The lowest BCUT2D eigenvalue weighted by molar-refractivity contribution is -0.143. The molecule has 0 aliphatic carbocycles. The molecule has 0 aliphatic rings. The Morgan fingerprint density at radius 3 is 0.924 bits per heavy atom. The number of carbonyl (C=O) groups is 2. The normalized spacial score (nSPS) is 12.5. The monoisotopic (exact) mass is 934 g/mol. The summed E-state index contributed by atoms with van der Waals surface area (Å²) in [5.74, 6) is -0.0407. The van der Waals surface area contributed by atoms with Gasteiger partial charge in [0.2, 0.25) is 5.91 Å². The Labute approximate surface area is 413 Å². The SMILES string of the molecule is CCCCCCCCCCCCCCCCCCCCCCCCCC(O)C(CO)NC(=O)CCCCCCCCCCCCCCCCOC(=O)CCCCCCCCCCCCCC. The molecule has 2 unspecified atom stereocenters. The maximum atomic E-state index is 12.5. The van der Waals surface area contributed by atoms with Crippen LogP contribution in [0.4, 0.5) is 0 Å². The number of hydrogen-bond acceptors (Lipinski definition) is 5. The van der Waals surface area contributed by atoms with Gasteiger partial charge >= 0.3 is 5.97 Å². The van der Waals surface area contributed by atoms with E-state index in [9.17, 15) is 19.8 Å². The lowest BCUT2D eigenvalue weighted by Crippen LogP contribution is -2.45. The molecule has 0 aromatic rings. The van der Waals surface area contributed by atoms with Gasteiger partial charge in [-0.3, -0.25) is 9.59 Å². The second-order valence-electron chi connectivity index (χ2n) is 21.1. The number of unbranched alkanes of at least 4 members (excludes halogenated alkanes) is 46. The predicted molar refractivity (Wildman–Crippen MR) is 287 cm³/mol. The van der Waals surface area contributed by atoms with E-state index < -0.39 is 12.1 Å². The molecule has 394 valence electrons. The van der Waals surface area contributed by atoms with Crippen LogP contribution in [0.15, 0.2) is 0 Å². The Morgan fingerprint density at radius 1 is 0.364 bits per heavy atom. The van der Waals surface area contributed by atoms with Gasteiger partial charge in [0, 0.05) is 12.8 Å². The van der Waals surface area contributed by atoms with E-state index in [1.807, 2.05) is 0 Å². The minimum absolute atomic E-state index is 0.00000631. The van der Waals surface area contributed by atoms with E-state index in [0.29, 0.717) is 25.9 Å². The van der Waals surface area contributed by atoms with Gasteiger partial charge < -0.3 is 20.3 Å². The van der Waals surface area contributed by atoms with Gasteiger partial charge in [-0.05, 0) is 25.7 Å². The Morgan fingerprint density at radius 2 is 0.621 bits per heavy atom. The third-order valence-electron chi connectivity index (χ3n) is 14.4. The fourth-order valence-corrected chi connectivity index (χ4v) is 9.76. The van der Waals surface area contributed by atoms with E-state index in [0.717, 1.165) is 51.4 Å². The largest absolute Gasteiger partial charge is 0.466 e. The first kappa shape index (κ1) is 64.9. The molecule has 0 radical (unpaired) electrons. The molecule has 0 bridgehead atoms. The molecule has 2 atom stereocenters. The zero-order valence-electron chi connectivity index (χ0n) is 45.0. The zero-order valence-corrected chi connectivity index (χ0v) is 45.0. The Bertz CT molecular complexity index is 944. The Kier molecular flexibility index (Phi) is 55.5. The fraction of sp³-hybridized carbons (Fsp3) is 0.967. The van der Waals surface area contributed by atoms with Crippen molar-refractivity contribution in [2.75, 3.05) is 13.2 Å². The predicted octanol–water partition coefficient (Wildman–Crippen LogP) is 18.7. The van der Waals surface area contributed by atoms with Crippen LogP contribution in [0, 0.1) is 0 Å². The van der Waals surface area contributed by atoms with Crippen molar-refractivity contribution in [3.63, 3.8) is 0 Å². The van der Waals surface area contributed by atoms with Gasteiger partial charge in [-0.25, -0.2) is 0 Å². The first-order valence-electron chi connectivity index (χ1n) is 30.3. The van der Waals surface area contributed by atoms with E-state index in [-0.39, 0.29) is 18.5 Å². The number of carbonyl (C=O) groups excluding carboxylic acids is 2. The number of nitrogens with one attached hydrogen (secondary N) is 1. The van der Waals surface area contributed by atoms with Gasteiger partial charge in [-0.1, -0.05) is 309 Å². The van der Waals surface area contributed by atoms with Gasteiger partial charge in [-0.15, -0.1) is 0 Å². The van der Waals surface area contributed by atoms with Crippen molar-refractivity contribution in [2.45, 2.75) is 360 Å². The highest BCUT2D eigenvalue weighted by Crippen LogP contribution is 2.18. The molecule has 0 spiro atoms. The summed E-state index contributed by atoms with van der Waals surface area (Å²) in [7, 11) is 0. The molecule has 6 nitrogen and oxygen atoms in total. The minimum atomic E-state index is -0.671. The summed E-state index contributed by atoms with van der Waals surface area (Å²) in [6, 6.07) is -0.549. The van der Waals surface area contributed by atoms with Crippen molar-refractivity contribution >= 4 is 11.9 Å². The molecule has 0 aromatic carbocycles. The van der Waals surface area contributed by atoms with Crippen LogP contribution in [0.2, 0.25) is 0 Å². The molecular formula is C60H119NO5. The van der Waals surface area contributed by atoms with Gasteiger partial charge in [-0.2, -0.15) is 0 Å². The molecule has 6 heteroatoms. The molecule has 0 saturated carbocycles. The van der Waals surface area contributed by atoms with Crippen molar-refractivity contribution in [3.05, 3.63) is 0 Å². The minimum Gasteiger partial charge on any atom is -0.466 e. The summed E-state index contributed by atoms with van der Waals surface area (Å²) in [4.78, 5) is 24.5. The molecule has 0 aliphatic heterocycles. The van der Waals surface area contributed by atoms with E-state index in [2.05, 4.69) is 19.2 Å². The second kappa shape index (κ2) is 56.4. The smallest absolute Gasteiger partial charge is 0.305 e. The number of rotatable bonds is 57. The quantitative estimate of drug-likeness (QED) is 0.0417. The van der Waals surface area contributed by atoms with Gasteiger partial charge in [0.05, 0.1) is 25.4 Å². The number of esters is 1. The van der Waals surface area contributed by atoms with Crippen LogP contribution in [0.5, 0.6) is 0 Å². The van der Waals surface area contributed by atoms with Gasteiger partial charge in [0.25, 0.3) is 0 Å². The number of hydrogen-bond donors (Lipinski definition) is 3. The third-order valence-corrected chi connectivity index (χ3v) is 14.4. The number of amides is 1. The third kappa shape index (κ3) is 52.2. The lowest BCUT2D eigenvalue weighted by atomic mass is 10.0. The highest BCUT2D eigenvalue weighted by atomic mass is 16.5. The van der Waals surface area contributed by atoms with Crippen LogP contribution in [0.3, 0.4) is 0 Å². The average molecular weight is 935 g/mol. The van der Waals surface area contributed by atoms with Crippen LogP contribution >= 0.6 is 0 Å². The van der Waals surface area contributed by atoms with Crippen LogP contribution in [-0.2, 0) is 14.3 Å². The molecule has 1 amide bonds. The molecule has 0 saturated heterocycles. The van der Waals surface area contributed by atoms with E-state index in [4.69, 9.17) is 4.74 Å². The standard InChI is InChI=1S/C60H119NO5/c1-3-5-7-9-11-13-15-17-18-19-20-21-22-23-24-25-26-29-32-36-40-44-48-52-58(63)57(56-62)61-59(64)53-49-45-41-37-33-30-27-28-31-35-39-43-47-51-55-66-60(65)54-50-46-42-38-34-16-14-12-10-8-6-4-2/h57-58,62-63H,3-56H2,1-2H3,(H,61,64). The topological polar surface area (TPSA) is 95.9 Å². The second-order valence-corrected chi connectivity index (χ2v) is 21.1. The molecular weight excluding hydrogens is 815 g/mol. The molecule has 0 heterocycles. The Balaban J connectivity index is 3.42. The number of ether oxygens (including phenoxy) is 1. The molecule has 66 heavy (non-hydrogen) atoms. The molecule has 0 fully saturated rings. The van der Waals surface area contributed by atoms with Crippen molar-refractivity contribution in [2.24, 2.45) is 0 Å². The lowest BCUT2D eigenvalue weighted by Gasteiger charge is -2.22. The van der Waals surface area contributed by atoms with Crippen LogP contribution in [-0.4, -0.2) is 47.4 Å². The summed E-state index contributed by atoms with van der Waals surface area (Å²) in [6.07, 6.45) is 65.3. The highest BCUT2D eigenvalue weighted by molar-refractivity contribution is 5.76. The number of aliphatic hydroxyl groups excluding tert-OH is 2. The summed E-state index contributed by atoms with van der Waals surface area (Å²) in [6.45, 7) is 4.96. The summed E-state index contributed by atoms with van der Waals surface area (Å²) < 4.78 is 5.46. The molecule has 0 aromatic heterocycles. The van der Waals surface area contributed by atoms with Crippen LogP contribution < -0.4 is 5.32 Å². The maximum Gasteiger partial charge on any atom is 0.305 e. The van der Waals surface area contributed by atoms with Crippen molar-refractivity contribution in [1.29, 1.82) is 0 Å². The summed E-state index contributed by atoms with van der Waals surface area (Å²) in [5.41, 5.74) is 0. The van der Waals surface area contributed by atoms with E-state index >= 15 is 0 Å². The molecule has 3 N–H and O–H groups in total. The average Bonchev–Trinajstić information content (AvgIpc) is 3.32. The first-order chi connectivity index (χ1) is 32.5. The zero-order chi connectivity index (χ0) is 47.9. The highest BCUT2D eigenvalue weighted by Gasteiger charge is 2.20. The van der Waals surface area contributed by atoms with E-state index in [1.165, 1.54) is 263 Å². The van der Waals surface area contributed by atoms with Crippen molar-refractivity contribution in [3.8, 4) is 0 Å². The summed E-state index contributed by atoms with van der Waals surface area (Å²) >= 11 is 0. The summed E-state index contributed by atoms with van der Waals surface area (Å²) in [5, 5.41) is 23.4. The van der Waals surface area contributed by atoms with Crippen molar-refractivity contribution in [1.82, 2.24) is 5.32 Å². The van der Waals surface area contributed by atoms with Crippen LogP contribution in [0.1, 0.15) is 348 Å². The maximum absolute atomic E-state index is 12.5. The van der Waals surface area contributed by atoms with Gasteiger partial charge in [0.15, 0.2) is 0 Å². The fourth-order valence-electron chi connectivity index (χ4n) is 9.76. The van der Waals surface area contributed by atoms with Gasteiger partial charge in [0.1, 0.15) is 0 Å².